The van der Waals surface area contributed by atoms with Crippen molar-refractivity contribution in [3.63, 3.8) is 0 Å². The molecule has 1 atom stereocenters. The van der Waals surface area contributed by atoms with Crippen molar-refractivity contribution in [2.24, 2.45) is 0 Å². The van der Waals surface area contributed by atoms with E-state index in [0.717, 1.165) is 0 Å². The third-order valence-corrected chi connectivity index (χ3v) is 4.18. The monoisotopic (exact) mass is 368 g/mol. The van der Waals surface area contributed by atoms with Crippen LogP contribution in [0.4, 0.5) is 13.2 Å². The van der Waals surface area contributed by atoms with E-state index in [-0.39, 0.29) is 15.6 Å². The van der Waals surface area contributed by atoms with E-state index < -0.39 is 30.6 Å². The van der Waals surface area contributed by atoms with Gasteiger partial charge in [-0.05, 0) is 31.0 Å². The fourth-order valence-electron chi connectivity index (χ4n) is 2.38. The predicted molar refractivity (Wildman–Crippen MR) is 79.6 cm³/mol. The first-order valence-electron chi connectivity index (χ1n) is 6.79. The van der Waals surface area contributed by atoms with Crippen molar-refractivity contribution in [1.82, 2.24) is 10.2 Å². The molecule has 1 aromatic rings. The molecule has 1 saturated heterocycles. The predicted octanol–water partition coefficient (Wildman–Crippen LogP) is 3.28. The number of carbonyl (C=O) groups is 2. The van der Waals surface area contributed by atoms with Crippen LogP contribution in [-0.4, -0.2) is 42.0 Å². The highest BCUT2D eigenvalue weighted by Crippen LogP contribution is 2.26. The number of benzene rings is 1. The number of hydrogen-bond donors (Lipinski definition) is 1. The van der Waals surface area contributed by atoms with Crippen molar-refractivity contribution >= 4 is 35.0 Å². The van der Waals surface area contributed by atoms with Crippen LogP contribution in [0, 0.1) is 0 Å². The van der Waals surface area contributed by atoms with E-state index in [1.807, 2.05) is 5.32 Å². The van der Waals surface area contributed by atoms with E-state index in [4.69, 9.17) is 23.2 Å². The second-order valence-corrected chi connectivity index (χ2v) is 5.93. The van der Waals surface area contributed by atoms with Crippen LogP contribution in [0.25, 0.3) is 0 Å². The van der Waals surface area contributed by atoms with E-state index >= 15 is 0 Å². The molecule has 0 aliphatic carbocycles. The molecule has 0 aromatic heterocycles. The van der Waals surface area contributed by atoms with Crippen LogP contribution >= 0.6 is 23.2 Å². The Balaban J connectivity index is 2.09. The standard InChI is InChI=1S/C14H13Cl2F3N2O2/c15-9-4-3-8(6-10(9)16)13(23)21-5-1-2-11(21)12(22)20-7-14(17,18)19/h3-4,6,11H,1-2,5,7H2,(H,20,22). The molecule has 4 nitrogen and oxygen atoms in total. The average molecular weight is 369 g/mol. The third-order valence-electron chi connectivity index (χ3n) is 3.45. The molecule has 1 fully saturated rings. The number of rotatable bonds is 3. The van der Waals surface area contributed by atoms with Gasteiger partial charge in [-0.2, -0.15) is 13.2 Å². The summed E-state index contributed by atoms with van der Waals surface area (Å²) in [6, 6.07) is 3.36. The molecule has 1 aromatic carbocycles. The number of halogens is 5. The average Bonchev–Trinajstić information content (AvgIpc) is 2.95. The van der Waals surface area contributed by atoms with Gasteiger partial charge in [0, 0.05) is 12.1 Å². The Kier molecular flexibility index (Phi) is 5.41. The van der Waals surface area contributed by atoms with Crippen molar-refractivity contribution in [2.75, 3.05) is 13.1 Å². The summed E-state index contributed by atoms with van der Waals surface area (Å²) in [7, 11) is 0. The summed E-state index contributed by atoms with van der Waals surface area (Å²) in [6.45, 7) is -1.12. The molecule has 2 amide bonds. The van der Waals surface area contributed by atoms with Gasteiger partial charge in [0.1, 0.15) is 12.6 Å². The Hall–Kier alpha value is -1.47. The summed E-state index contributed by atoms with van der Waals surface area (Å²) in [5, 5.41) is 2.29. The minimum absolute atomic E-state index is 0.190. The maximum atomic E-state index is 12.4. The van der Waals surface area contributed by atoms with Gasteiger partial charge in [0.2, 0.25) is 5.91 Å². The van der Waals surface area contributed by atoms with Crippen LogP contribution in [0.15, 0.2) is 18.2 Å². The maximum Gasteiger partial charge on any atom is 0.405 e. The minimum atomic E-state index is -4.49. The first-order chi connectivity index (χ1) is 10.7. The summed E-state index contributed by atoms with van der Waals surface area (Å²) >= 11 is 11.6. The summed E-state index contributed by atoms with van der Waals surface area (Å²) < 4.78 is 36.6. The smallest absolute Gasteiger partial charge is 0.345 e. The lowest BCUT2D eigenvalue weighted by molar-refractivity contribution is -0.140. The topological polar surface area (TPSA) is 49.4 Å². The van der Waals surface area contributed by atoms with Gasteiger partial charge in [-0.3, -0.25) is 9.59 Å². The molecule has 1 heterocycles. The lowest BCUT2D eigenvalue weighted by Gasteiger charge is -2.24. The first kappa shape index (κ1) is 17.9. The number of amides is 2. The molecule has 1 aliphatic rings. The number of nitrogens with one attached hydrogen (secondary N) is 1. The molecule has 2 rings (SSSR count). The lowest BCUT2D eigenvalue weighted by Crippen LogP contribution is -2.48. The molecule has 0 radical (unpaired) electrons. The normalized spacial score (nSPS) is 18.1. The van der Waals surface area contributed by atoms with Crippen LogP contribution in [0.3, 0.4) is 0 Å². The molecule has 0 bridgehead atoms. The van der Waals surface area contributed by atoms with E-state index in [1.165, 1.54) is 23.1 Å². The summed E-state index contributed by atoms with van der Waals surface area (Å²) in [5.74, 6) is -1.28. The van der Waals surface area contributed by atoms with Crippen LogP contribution < -0.4 is 5.32 Å². The Morgan fingerprint density at radius 3 is 2.57 bits per heavy atom. The number of carbonyl (C=O) groups excluding carboxylic acids is 2. The second kappa shape index (κ2) is 6.97. The fourth-order valence-corrected chi connectivity index (χ4v) is 2.68. The molecular weight excluding hydrogens is 356 g/mol. The van der Waals surface area contributed by atoms with Gasteiger partial charge in [0.25, 0.3) is 5.91 Å². The van der Waals surface area contributed by atoms with E-state index in [2.05, 4.69) is 0 Å². The fraction of sp³-hybridized carbons (Fsp3) is 0.429. The second-order valence-electron chi connectivity index (χ2n) is 5.12. The van der Waals surface area contributed by atoms with Crippen molar-refractivity contribution < 1.29 is 22.8 Å². The minimum Gasteiger partial charge on any atom is -0.345 e. The Bertz CT molecular complexity index is 623. The number of alkyl halides is 3. The molecule has 23 heavy (non-hydrogen) atoms. The Morgan fingerprint density at radius 1 is 1.26 bits per heavy atom. The third kappa shape index (κ3) is 4.51. The van der Waals surface area contributed by atoms with Crippen molar-refractivity contribution in [3.05, 3.63) is 33.8 Å². The van der Waals surface area contributed by atoms with Gasteiger partial charge in [-0.25, -0.2) is 0 Å². The number of hydrogen-bond acceptors (Lipinski definition) is 2. The molecule has 1 N–H and O–H groups in total. The van der Waals surface area contributed by atoms with Gasteiger partial charge >= 0.3 is 6.18 Å². The van der Waals surface area contributed by atoms with Crippen LogP contribution in [0.5, 0.6) is 0 Å². The van der Waals surface area contributed by atoms with Gasteiger partial charge in [0.05, 0.1) is 10.0 Å². The maximum absolute atomic E-state index is 12.4. The number of likely N-dealkylation sites (tertiary alicyclic amines) is 1. The molecule has 0 spiro atoms. The summed E-state index contributed by atoms with van der Waals surface area (Å²) in [5.41, 5.74) is 0.231. The SMILES string of the molecule is O=C(NCC(F)(F)F)C1CCCN1C(=O)c1ccc(Cl)c(Cl)c1. The molecule has 126 valence electrons. The van der Waals surface area contributed by atoms with Crippen LogP contribution in [0.2, 0.25) is 10.0 Å². The molecular formula is C14H13Cl2F3N2O2. The molecule has 0 saturated carbocycles. The van der Waals surface area contributed by atoms with Crippen LogP contribution in [0.1, 0.15) is 23.2 Å². The van der Waals surface area contributed by atoms with E-state index in [1.54, 1.807) is 0 Å². The zero-order chi connectivity index (χ0) is 17.2. The highest BCUT2D eigenvalue weighted by atomic mass is 35.5. The van der Waals surface area contributed by atoms with Gasteiger partial charge in [-0.1, -0.05) is 23.2 Å². The largest absolute Gasteiger partial charge is 0.405 e. The molecule has 1 unspecified atom stereocenters. The van der Waals surface area contributed by atoms with E-state index in [9.17, 15) is 22.8 Å². The Labute approximate surface area is 140 Å². The van der Waals surface area contributed by atoms with Gasteiger partial charge < -0.3 is 10.2 Å². The van der Waals surface area contributed by atoms with Gasteiger partial charge in [-0.15, -0.1) is 0 Å². The summed E-state index contributed by atoms with van der Waals surface area (Å²) in [4.78, 5) is 25.6. The zero-order valence-corrected chi connectivity index (χ0v) is 13.3. The van der Waals surface area contributed by atoms with E-state index in [0.29, 0.717) is 19.4 Å². The molecule has 9 heteroatoms. The van der Waals surface area contributed by atoms with Crippen molar-refractivity contribution in [3.8, 4) is 0 Å². The van der Waals surface area contributed by atoms with Gasteiger partial charge in [0.15, 0.2) is 0 Å². The van der Waals surface area contributed by atoms with Crippen molar-refractivity contribution in [2.45, 2.75) is 25.1 Å². The molecule has 1 aliphatic heterocycles. The summed E-state index contributed by atoms with van der Waals surface area (Å²) in [6.07, 6.45) is -3.64. The van der Waals surface area contributed by atoms with Crippen LogP contribution in [-0.2, 0) is 4.79 Å². The first-order valence-corrected chi connectivity index (χ1v) is 7.55. The van der Waals surface area contributed by atoms with Crippen molar-refractivity contribution in [1.29, 1.82) is 0 Å². The highest BCUT2D eigenvalue weighted by Gasteiger charge is 2.36. The highest BCUT2D eigenvalue weighted by molar-refractivity contribution is 6.42. The zero-order valence-electron chi connectivity index (χ0n) is 11.8. The number of nitrogens with zero attached hydrogens (tertiary/aromatic N) is 1. The quantitative estimate of drug-likeness (QED) is 0.889. The lowest BCUT2D eigenvalue weighted by atomic mass is 10.1. The Morgan fingerprint density at radius 2 is 1.96 bits per heavy atom.